The van der Waals surface area contributed by atoms with Crippen LogP contribution in [0.3, 0.4) is 0 Å². The number of hydrogen-bond acceptors (Lipinski definition) is 5. The molecule has 2 rings (SSSR count). The Kier molecular flexibility index (Phi) is 6.57. The molecular formula is C17H24FN3O4S. The molecule has 1 fully saturated rings. The van der Waals surface area contributed by atoms with Gasteiger partial charge in [0.15, 0.2) is 9.84 Å². The first-order valence-corrected chi connectivity index (χ1v) is 10.3. The molecular weight excluding hydrogens is 361 g/mol. The van der Waals surface area contributed by atoms with Gasteiger partial charge in [0.1, 0.15) is 12.4 Å². The molecule has 3 N–H and O–H groups in total. The lowest BCUT2D eigenvalue weighted by Crippen LogP contribution is -2.29. The van der Waals surface area contributed by atoms with E-state index in [9.17, 15) is 22.4 Å². The Morgan fingerprint density at radius 1 is 1.27 bits per heavy atom. The highest BCUT2D eigenvalue weighted by Gasteiger charge is 2.25. The molecule has 1 aromatic rings. The Bertz CT molecular complexity index is 782. The van der Waals surface area contributed by atoms with Crippen LogP contribution >= 0.6 is 0 Å². The van der Waals surface area contributed by atoms with E-state index in [4.69, 9.17) is 5.73 Å². The van der Waals surface area contributed by atoms with Crippen molar-refractivity contribution in [2.75, 3.05) is 30.3 Å². The van der Waals surface area contributed by atoms with Crippen molar-refractivity contribution >= 4 is 27.5 Å². The summed E-state index contributed by atoms with van der Waals surface area (Å²) in [5, 5.41) is 2.20. The second-order valence-corrected chi connectivity index (χ2v) is 8.86. The van der Waals surface area contributed by atoms with Gasteiger partial charge in [-0.25, -0.2) is 17.6 Å². The van der Waals surface area contributed by atoms with Gasteiger partial charge < -0.3 is 10.6 Å². The zero-order valence-corrected chi connectivity index (χ0v) is 15.5. The minimum absolute atomic E-state index is 0.0104. The van der Waals surface area contributed by atoms with Gasteiger partial charge in [0.25, 0.3) is 0 Å². The van der Waals surface area contributed by atoms with Crippen molar-refractivity contribution in [3.05, 3.63) is 29.6 Å². The first-order valence-electron chi connectivity index (χ1n) is 8.52. The molecule has 3 amide bonds. The third-order valence-electron chi connectivity index (χ3n) is 4.34. The van der Waals surface area contributed by atoms with Crippen LogP contribution in [0.1, 0.15) is 37.7 Å². The van der Waals surface area contributed by atoms with E-state index in [1.54, 1.807) is 13.0 Å². The fraction of sp³-hybridized carbons (Fsp3) is 0.529. The summed E-state index contributed by atoms with van der Waals surface area (Å²) in [4.78, 5) is 23.9. The van der Waals surface area contributed by atoms with Crippen molar-refractivity contribution < 1.29 is 22.4 Å². The van der Waals surface area contributed by atoms with Crippen molar-refractivity contribution in [2.45, 2.75) is 32.1 Å². The number of amides is 3. The Labute approximate surface area is 152 Å². The molecule has 1 aliphatic rings. The van der Waals surface area contributed by atoms with Crippen LogP contribution in [0, 0.1) is 5.82 Å². The Morgan fingerprint density at radius 3 is 2.62 bits per heavy atom. The summed E-state index contributed by atoms with van der Waals surface area (Å²) in [7, 11) is -3.25. The molecule has 1 heterocycles. The number of nitrogens with zero attached hydrogens (tertiary/aromatic N) is 1. The smallest absolute Gasteiger partial charge is 0.324 e. The van der Waals surface area contributed by atoms with Gasteiger partial charge in [-0.15, -0.1) is 0 Å². The van der Waals surface area contributed by atoms with Crippen LogP contribution in [0.4, 0.5) is 14.9 Å². The lowest BCUT2D eigenvalue weighted by atomic mass is 10.0. The number of nitrogens with one attached hydrogen (secondary N) is 1. The highest BCUT2D eigenvalue weighted by molar-refractivity contribution is 7.91. The Hall–Kier alpha value is -2.16. The number of urea groups is 1. The van der Waals surface area contributed by atoms with Crippen LogP contribution in [0.25, 0.3) is 0 Å². The second-order valence-electron chi connectivity index (χ2n) is 6.63. The summed E-state index contributed by atoms with van der Waals surface area (Å²) in [6, 6.07) is 3.87. The number of sulfone groups is 1. The normalized spacial score (nSPS) is 16.0. The topological polar surface area (TPSA) is 110 Å². The van der Waals surface area contributed by atoms with Crippen LogP contribution in [0.5, 0.6) is 0 Å². The Balaban J connectivity index is 1.73. The molecule has 0 saturated carbocycles. The maximum absolute atomic E-state index is 13.2. The molecule has 9 heteroatoms. The first-order chi connectivity index (χ1) is 12.2. The molecule has 1 atom stereocenters. The summed E-state index contributed by atoms with van der Waals surface area (Å²) in [5.74, 6) is -1.08. The lowest BCUT2D eigenvalue weighted by molar-refractivity contribution is -0.118. The van der Waals surface area contributed by atoms with Gasteiger partial charge in [-0.2, -0.15) is 0 Å². The van der Waals surface area contributed by atoms with Crippen LogP contribution in [-0.4, -0.2) is 49.9 Å². The predicted octanol–water partition coefficient (Wildman–Crippen LogP) is 1.65. The van der Waals surface area contributed by atoms with Gasteiger partial charge >= 0.3 is 6.03 Å². The van der Waals surface area contributed by atoms with Crippen LogP contribution < -0.4 is 11.1 Å². The average Bonchev–Trinajstić information content (AvgIpc) is 2.86. The van der Waals surface area contributed by atoms with Gasteiger partial charge in [-0.3, -0.25) is 10.1 Å². The second kappa shape index (κ2) is 8.48. The van der Waals surface area contributed by atoms with E-state index in [1.807, 2.05) is 0 Å². The summed E-state index contributed by atoms with van der Waals surface area (Å²) >= 11 is 0. The summed E-state index contributed by atoms with van der Waals surface area (Å²) < 4.78 is 37.7. The zero-order valence-electron chi connectivity index (χ0n) is 14.7. The van der Waals surface area contributed by atoms with Gasteiger partial charge in [0, 0.05) is 6.54 Å². The van der Waals surface area contributed by atoms with E-state index in [0.717, 1.165) is 0 Å². The van der Waals surface area contributed by atoms with Gasteiger partial charge in [-0.05, 0) is 36.5 Å². The maximum Gasteiger partial charge on any atom is 0.324 e. The number of benzene rings is 1. The van der Waals surface area contributed by atoms with E-state index in [0.29, 0.717) is 31.4 Å². The minimum Gasteiger partial charge on any atom is -0.396 e. The summed E-state index contributed by atoms with van der Waals surface area (Å²) in [6.07, 6.45) is 1.78. The van der Waals surface area contributed by atoms with Crippen molar-refractivity contribution in [3.8, 4) is 0 Å². The molecule has 1 saturated heterocycles. The standard InChI is InChI=1S/C17H24FN3O4S/c1-12(13-5-6-14(18)15(19)9-13)11-26(24,25)8-4-2-3-7-21-10-16(22)20-17(21)23/h5-6,9,12H,2-4,7-8,10-11,19H2,1H3,(H,20,22,23)/t12-/m0/s1. The number of halogens is 1. The molecule has 0 aromatic heterocycles. The zero-order chi connectivity index (χ0) is 19.3. The lowest BCUT2D eigenvalue weighted by Gasteiger charge is -2.14. The average molecular weight is 385 g/mol. The SMILES string of the molecule is C[C@@H](CS(=O)(=O)CCCCCN1CC(=O)NC1=O)c1ccc(F)c(N)c1. The third kappa shape index (κ3) is 5.69. The molecule has 0 spiro atoms. The molecule has 0 radical (unpaired) electrons. The molecule has 1 aliphatic heterocycles. The molecule has 0 bridgehead atoms. The highest BCUT2D eigenvalue weighted by Crippen LogP contribution is 2.22. The predicted molar refractivity (Wildman–Crippen MR) is 96.8 cm³/mol. The molecule has 1 aromatic carbocycles. The van der Waals surface area contributed by atoms with Gasteiger partial charge in [0.2, 0.25) is 5.91 Å². The monoisotopic (exact) mass is 385 g/mol. The van der Waals surface area contributed by atoms with Crippen molar-refractivity contribution in [2.24, 2.45) is 0 Å². The first kappa shape index (κ1) is 20.2. The Morgan fingerprint density at radius 2 is 2.00 bits per heavy atom. The van der Waals surface area contributed by atoms with Crippen molar-refractivity contribution in [1.82, 2.24) is 10.2 Å². The highest BCUT2D eigenvalue weighted by atomic mass is 32.2. The van der Waals surface area contributed by atoms with Crippen LogP contribution in [0.2, 0.25) is 0 Å². The number of nitrogen functional groups attached to an aromatic ring is 1. The summed E-state index contributed by atoms with van der Waals surface area (Å²) in [6.45, 7) is 2.27. The number of nitrogens with two attached hydrogens (primary N) is 1. The minimum atomic E-state index is -3.25. The summed E-state index contributed by atoms with van der Waals surface area (Å²) in [5.41, 5.74) is 6.23. The number of anilines is 1. The fourth-order valence-electron chi connectivity index (χ4n) is 2.89. The molecule has 7 nitrogen and oxygen atoms in total. The van der Waals surface area contributed by atoms with Gasteiger partial charge in [0.05, 0.1) is 17.2 Å². The number of imide groups is 1. The molecule has 0 unspecified atom stereocenters. The number of unbranched alkanes of at least 4 members (excludes halogenated alkanes) is 2. The van der Waals surface area contributed by atoms with Gasteiger partial charge in [-0.1, -0.05) is 19.4 Å². The molecule has 26 heavy (non-hydrogen) atoms. The van der Waals surface area contributed by atoms with E-state index >= 15 is 0 Å². The quantitative estimate of drug-likeness (QED) is 0.382. The van der Waals surface area contributed by atoms with Crippen molar-refractivity contribution in [3.63, 3.8) is 0 Å². The van der Waals surface area contributed by atoms with E-state index in [2.05, 4.69) is 5.32 Å². The van der Waals surface area contributed by atoms with E-state index in [-0.39, 0.29) is 35.6 Å². The van der Waals surface area contributed by atoms with Crippen LogP contribution in [-0.2, 0) is 14.6 Å². The largest absolute Gasteiger partial charge is 0.396 e. The molecule has 0 aliphatic carbocycles. The number of rotatable bonds is 9. The van der Waals surface area contributed by atoms with Crippen LogP contribution in [0.15, 0.2) is 18.2 Å². The molecule has 144 valence electrons. The number of hydrogen-bond donors (Lipinski definition) is 2. The van der Waals surface area contributed by atoms with E-state index < -0.39 is 21.7 Å². The third-order valence-corrected chi connectivity index (χ3v) is 6.26. The number of carbonyl (C=O) groups excluding carboxylic acids is 2. The van der Waals surface area contributed by atoms with E-state index in [1.165, 1.54) is 17.0 Å². The fourth-order valence-corrected chi connectivity index (χ4v) is 4.66. The van der Waals surface area contributed by atoms with Crippen molar-refractivity contribution in [1.29, 1.82) is 0 Å². The number of carbonyl (C=O) groups is 2. The maximum atomic E-state index is 13.2.